The fraction of sp³-hybridized carbons (Fsp3) is 0.636. The lowest BCUT2D eigenvalue weighted by atomic mass is 10.2. The summed E-state index contributed by atoms with van der Waals surface area (Å²) in [6.07, 6.45) is 2.37. The molecule has 1 unspecified atom stereocenters. The molecule has 94 valence electrons. The van der Waals surface area contributed by atoms with E-state index in [0.29, 0.717) is 19.0 Å². The fourth-order valence-electron chi connectivity index (χ4n) is 1.74. The molecule has 0 saturated carbocycles. The van der Waals surface area contributed by atoms with Crippen molar-refractivity contribution in [3.63, 3.8) is 0 Å². The largest absolute Gasteiger partial charge is 0.339 e. The maximum atomic E-state index is 12.0. The molecule has 1 amide bonds. The van der Waals surface area contributed by atoms with Crippen molar-refractivity contribution >= 4 is 29.0 Å². The first-order valence-corrected chi connectivity index (χ1v) is 7.72. The molecular weight excluding hydrogens is 254 g/mol. The third kappa shape index (κ3) is 3.97. The number of nitrogens with one attached hydrogen (secondary N) is 1. The third-order valence-corrected chi connectivity index (χ3v) is 4.60. The molecule has 4 nitrogen and oxygen atoms in total. The number of thiazole rings is 1. The van der Waals surface area contributed by atoms with Crippen LogP contribution in [0.25, 0.3) is 0 Å². The average Bonchev–Trinajstić information content (AvgIpc) is 2.83. The van der Waals surface area contributed by atoms with Crippen LogP contribution in [0, 0.1) is 0 Å². The summed E-state index contributed by atoms with van der Waals surface area (Å²) in [6.45, 7) is 1.63. The van der Waals surface area contributed by atoms with Gasteiger partial charge in [0.1, 0.15) is 5.01 Å². The van der Waals surface area contributed by atoms with Crippen molar-refractivity contribution in [1.29, 1.82) is 0 Å². The highest BCUT2D eigenvalue weighted by molar-refractivity contribution is 7.99. The van der Waals surface area contributed by atoms with Crippen molar-refractivity contribution in [3.8, 4) is 0 Å². The summed E-state index contributed by atoms with van der Waals surface area (Å²) in [6, 6.07) is 0.333. The van der Waals surface area contributed by atoms with Crippen molar-refractivity contribution in [2.75, 3.05) is 25.1 Å². The van der Waals surface area contributed by atoms with Gasteiger partial charge in [0.15, 0.2) is 0 Å². The van der Waals surface area contributed by atoms with Crippen LogP contribution >= 0.6 is 23.1 Å². The van der Waals surface area contributed by atoms with E-state index in [2.05, 4.69) is 10.3 Å². The normalized spacial score (nSPS) is 20.2. The molecule has 0 radical (unpaired) electrons. The van der Waals surface area contributed by atoms with Crippen LogP contribution < -0.4 is 5.32 Å². The van der Waals surface area contributed by atoms with Gasteiger partial charge >= 0.3 is 0 Å². The molecule has 2 rings (SSSR count). The molecule has 1 aromatic heterocycles. The van der Waals surface area contributed by atoms with Crippen LogP contribution in [0.4, 0.5) is 0 Å². The van der Waals surface area contributed by atoms with E-state index in [0.717, 1.165) is 23.1 Å². The Hall–Kier alpha value is -0.590. The van der Waals surface area contributed by atoms with E-state index < -0.39 is 0 Å². The number of rotatable bonds is 4. The van der Waals surface area contributed by atoms with Gasteiger partial charge in [0.2, 0.25) is 5.91 Å². The zero-order valence-corrected chi connectivity index (χ0v) is 11.5. The molecule has 6 heteroatoms. The highest BCUT2D eigenvalue weighted by atomic mass is 32.2. The van der Waals surface area contributed by atoms with E-state index in [9.17, 15) is 4.79 Å². The molecule has 0 spiro atoms. The Balaban J connectivity index is 1.78. The van der Waals surface area contributed by atoms with Crippen molar-refractivity contribution in [2.45, 2.75) is 19.0 Å². The molecule has 1 N–H and O–H groups in total. The van der Waals surface area contributed by atoms with Gasteiger partial charge in [0, 0.05) is 49.1 Å². The van der Waals surface area contributed by atoms with E-state index in [-0.39, 0.29) is 5.91 Å². The SMILES string of the molecule is CN(Cc1nccs1)C(=O)CC1CSCCN1. The first-order chi connectivity index (χ1) is 8.25. The van der Waals surface area contributed by atoms with Crippen molar-refractivity contribution < 1.29 is 4.79 Å². The topological polar surface area (TPSA) is 45.2 Å². The zero-order chi connectivity index (χ0) is 12.1. The highest BCUT2D eigenvalue weighted by Gasteiger charge is 2.19. The Morgan fingerprint density at radius 2 is 2.59 bits per heavy atom. The number of aromatic nitrogens is 1. The van der Waals surface area contributed by atoms with Gasteiger partial charge < -0.3 is 10.2 Å². The standard InChI is InChI=1S/C11H17N3OS2/c1-14(7-10-13-3-5-17-10)11(15)6-9-8-16-4-2-12-9/h3,5,9,12H,2,4,6-8H2,1H3. The lowest BCUT2D eigenvalue weighted by Crippen LogP contribution is -2.41. The van der Waals surface area contributed by atoms with E-state index in [4.69, 9.17) is 0 Å². The Morgan fingerprint density at radius 1 is 1.71 bits per heavy atom. The minimum Gasteiger partial charge on any atom is -0.339 e. The number of nitrogens with zero attached hydrogens (tertiary/aromatic N) is 2. The van der Waals surface area contributed by atoms with Gasteiger partial charge in [0.25, 0.3) is 0 Å². The Bertz CT molecular complexity index is 350. The van der Waals surface area contributed by atoms with E-state index in [1.807, 2.05) is 24.2 Å². The van der Waals surface area contributed by atoms with Crippen molar-refractivity contribution in [2.24, 2.45) is 0 Å². The summed E-state index contributed by atoms with van der Waals surface area (Å²) in [7, 11) is 1.85. The Labute approximate surface area is 110 Å². The second-order valence-electron chi connectivity index (χ2n) is 4.11. The lowest BCUT2D eigenvalue weighted by molar-refractivity contribution is -0.130. The summed E-state index contributed by atoms with van der Waals surface area (Å²) in [5, 5.41) is 6.31. The van der Waals surface area contributed by atoms with E-state index in [1.54, 1.807) is 22.4 Å². The van der Waals surface area contributed by atoms with Gasteiger partial charge in [-0.3, -0.25) is 4.79 Å². The molecule has 1 aromatic rings. The van der Waals surface area contributed by atoms with Gasteiger partial charge in [-0.2, -0.15) is 11.8 Å². The minimum absolute atomic E-state index is 0.195. The molecule has 0 aliphatic carbocycles. The molecule has 1 fully saturated rings. The number of carbonyl (C=O) groups excluding carboxylic acids is 1. The molecule has 1 aliphatic rings. The lowest BCUT2D eigenvalue weighted by Gasteiger charge is -2.25. The van der Waals surface area contributed by atoms with Crippen molar-refractivity contribution in [1.82, 2.24) is 15.2 Å². The average molecular weight is 271 g/mol. The van der Waals surface area contributed by atoms with E-state index in [1.165, 1.54) is 0 Å². The van der Waals surface area contributed by atoms with Gasteiger partial charge in [-0.25, -0.2) is 4.98 Å². The smallest absolute Gasteiger partial charge is 0.224 e. The number of thioether (sulfide) groups is 1. The first-order valence-electron chi connectivity index (χ1n) is 5.69. The second-order valence-corrected chi connectivity index (χ2v) is 6.23. The summed E-state index contributed by atoms with van der Waals surface area (Å²) >= 11 is 3.51. The van der Waals surface area contributed by atoms with Crippen LogP contribution in [0.3, 0.4) is 0 Å². The Kier molecular flexibility index (Phi) is 4.82. The quantitative estimate of drug-likeness (QED) is 0.894. The van der Waals surface area contributed by atoms with Crippen LogP contribution in [-0.2, 0) is 11.3 Å². The fourth-order valence-corrected chi connectivity index (χ4v) is 3.36. The van der Waals surface area contributed by atoms with Gasteiger partial charge in [-0.1, -0.05) is 0 Å². The number of hydrogen-bond acceptors (Lipinski definition) is 5. The van der Waals surface area contributed by atoms with Crippen molar-refractivity contribution in [3.05, 3.63) is 16.6 Å². The zero-order valence-electron chi connectivity index (χ0n) is 9.89. The van der Waals surface area contributed by atoms with Gasteiger partial charge in [-0.05, 0) is 0 Å². The molecule has 1 saturated heterocycles. The number of amides is 1. The maximum Gasteiger partial charge on any atom is 0.224 e. The predicted molar refractivity (Wildman–Crippen MR) is 72.3 cm³/mol. The molecule has 17 heavy (non-hydrogen) atoms. The van der Waals surface area contributed by atoms with Gasteiger partial charge in [0.05, 0.1) is 6.54 Å². The Morgan fingerprint density at radius 3 is 3.24 bits per heavy atom. The summed E-state index contributed by atoms with van der Waals surface area (Å²) < 4.78 is 0. The second kappa shape index (κ2) is 6.37. The maximum absolute atomic E-state index is 12.0. The summed E-state index contributed by atoms with van der Waals surface area (Å²) in [5.41, 5.74) is 0. The number of hydrogen-bond donors (Lipinski definition) is 1. The number of carbonyl (C=O) groups is 1. The molecule has 0 aromatic carbocycles. The summed E-state index contributed by atoms with van der Waals surface area (Å²) in [4.78, 5) is 17.9. The van der Waals surface area contributed by atoms with E-state index >= 15 is 0 Å². The monoisotopic (exact) mass is 271 g/mol. The molecular formula is C11H17N3OS2. The van der Waals surface area contributed by atoms with Crippen LogP contribution in [0.2, 0.25) is 0 Å². The molecule has 1 atom stereocenters. The van der Waals surface area contributed by atoms with Gasteiger partial charge in [-0.15, -0.1) is 11.3 Å². The van der Waals surface area contributed by atoms with Crippen LogP contribution in [-0.4, -0.2) is 46.9 Å². The van der Waals surface area contributed by atoms with Crippen LogP contribution in [0.1, 0.15) is 11.4 Å². The first kappa shape index (κ1) is 12.9. The van der Waals surface area contributed by atoms with Crippen LogP contribution in [0.5, 0.6) is 0 Å². The molecule has 2 heterocycles. The minimum atomic E-state index is 0.195. The molecule has 0 bridgehead atoms. The third-order valence-electron chi connectivity index (χ3n) is 2.70. The highest BCUT2D eigenvalue weighted by Crippen LogP contribution is 2.13. The predicted octanol–water partition coefficient (Wildman–Crippen LogP) is 1.20. The molecule has 1 aliphatic heterocycles. The summed E-state index contributed by atoms with van der Waals surface area (Å²) in [5.74, 6) is 2.39. The van der Waals surface area contributed by atoms with Crippen LogP contribution in [0.15, 0.2) is 11.6 Å².